The van der Waals surface area contributed by atoms with Crippen LogP contribution in [0, 0.1) is 0 Å². The predicted molar refractivity (Wildman–Crippen MR) is 51.8 cm³/mol. The minimum Gasteiger partial charge on any atom is -0.384 e. The first-order valence-electron chi connectivity index (χ1n) is 4.38. The maximum Gasteiger partial charge on any atom is 0.226 e. The largest absolute Gasteiger partial charge is 0.384 e. The molecule has 0 aliphatic rings. The molecule has 0 saturated heterocycles. The lowest BCUT2D eigenvalue weighted by atomic mass is 10.0. The summed E-state index contributed by atoms with van der Waals surface area (Å²) in [6.45, 7) is 1.16. The second-order valence-corrected chi connectivity index (χ2v) is 3.13. The molecule has 1 atom stereocenters. The number of hydrogen-bond acceptors (Lipinski definition) is 3. The number of Topliss-reactive ketones (excluding diaryl/α,β-unsaturated/α-hetero) is 2. The number of rotatable bonds is 4. The monoisotopic (exact) mass is 192 g/mol. The normalized spacial score (nSPS) is 12.1. The Balaban J connectivity index is 2.62. The van der Waals surface area contributed by atoms with E-state index in [2.05, 4.69) is 0 Å². The van der Waals surface area contributed by atoms with Crippen molar-refractivity contribution >= 4 is 11.6 Å². The topological polar surface area (TPSA) is 54.4 Å². The Kier molecular flexibility index (Phi) is 3.54. The second kappa shape index (κ2) is 4.67. The molecule has 0 fully saturated rings. The van der Waals surface area contributed by atoms with Crippen molar-refractivity contribution in [1.82, 2.24) is 0 Å². The Bertz CT molecular complexity index is 330. The Labute approximate surface area is 82.4 Å². The van der Waals surface area contributed by atoms with Crippen LogP contribution in [0.2, 0.25) is 0 Å². The fourth-order valence-corrected chi connectivity index (χ4v) is 1.16. The maximum absolute atomic E-state index is 11.0. The third-order valence-corrected chi connectivity index (χ3v) is 1.92. The van der Waals surface area contributed by atoms with E-state index in [1.807, 2.05) is 18.2 Å². The summed E-state index contributed by atoms with van der Waals surface area (Å²) in [5.41, 5.74) is 0.842. The van der Waals surface area contributed by atoms with E-state index >= 15 is 0 Å². The number of carbonyl (C=O) groups is 2. The summed E-state index contributed by atoms with van der Waals surface area (Å²) in [6.07, 6.45) is -1.02. The third kappa shape index (κ3) is 2.78. The van der Waals surface area contributed by atoms with Crippen molar-refractivity contribution in [3.8, 4) is 0 Å². The molecule has 1 N–H and O–H groups in total. The standard InChI is InChI=1S/C11H12O3/c1-8(12)11(14)10(13)7-9-5-3-2-4-6-9/h2-6,10,13H,7H2,1H3. The summed E-state index contributed by atoms with van der Waals surface area (Å²) in [5.74, 6) is -1.33. The third-order valence-electron chi connectivity index (χ3n) is 1.92. The molecule has 0 radical (unpaired) electrons. The van der Waals surface area contributed by atoms with Crippen LogP contribution in [0.25, 0.3) is 0 Å². The number of carbonyl (C=O) groups excluding carboxylic acids is 2. The molecular formula is C11H12O3. The van der Waals surface area contributed by atoms with Crippen molar-refractivity contribution < 1.29 is 14.7 Å². The minimum absolute atomic E-state index is 0.194. The molecule has 14 heavy (non-hydrogen) atoms. The van der Waals surface area contributed by atoms with Gasteiger partial charge < -0.3 is 5.11 Å². The molecule has 3 heteroatoms. The number of aliphatic hydroxyl groups is 1. The number of hydrogen-bond donors (Lipinski definition) is 1. The molecule has 0 bridgehead atoms. The number of aliphatic hydroxyl groups excluding tert-OH is 1. The summed E-state index contributed by atoms with van der Waals surface area (Å²) in [4.78, 5) is 21.7. The van der Waals surface area contributed by atoms with Crippen molar-refractivity contribution in [2.75, 3.05) is 0 Å². The van der Waals surface area contributed by atoms with E-state index in [1.54, 1.807) is 12.1 Å². The van der Waals surface area contributed by atoms with Gasteiger partial charge in [0.2, 0.25) is 5.78 Å². The Morgan fingerprint density at radius 3 is 2.36 bits per heavy atom. The van der Waals surface area contributed by atoms with Gasteiger partial charge in [0.1, 0.15) is 6.10 Å². The molecule has 1 rings (SSSR count). The highest BCUT2D eigenvalue weighted by atomic mass is 16.3. The highest BCUT2D eigenvalue weighted by molar-refractivity contribution is 6.37. The van der Waals surface area contributed by atoms with Crippen molar-refractivity contribution in [3.05, 3.63) is 35.9 Å². The SMILES string of the molecule is CC(=O)C(=O)C(O)Cc1ccccc1. The second-order valence-electron chi connectivity index (χ2n) is 3.13. The van der Waals surface area contributed by atoms with Crippen LogP contribution in [0.1, 0.15) is 12.5 Å². The minimum atomic E-state index is -1.21. The smallest absolute Gasteiger partial charge is 0.226 e. The van der Waals surface area contributed by atoms with Gasteiger partial charge in [0.25, 0.3) is 0 Å². The zero-order chi connectivity index (χ0) is 10.6. The lowest BCUT2D eigenvalue weighted by Crippen LogP contribution is -2.28. The van der Waals surface area contributed by atoms with Gasteiger partial charge in [0.15, 0.2) is 5.78 Å². The van der Waals surface area contributed by atoms with E-state index in [0.29, 0.717) is 0 Å². The highest BCUT2D eigenvalue weighted by Gasteiger charge is 2.19. The first kappa shape index (κ1) is 10.6. The molecule has 3 nitrogen and oxygen atoms in total. The molecule has 1 unspecified atom stereocenters. The van der Waals surface area contributed by atoms with Crippen LogP contribution in [-0.4, -0.2) is 22.8 Å². The van der Waals surface area contributed by atoms with Crippen molar-refractivity contribution in [2.24, 2.45) is 0 Å². The first-order chi connectivity index (χ1) is 6.61. The van der Waals surface area contributed by atoms with Gasteiger partial charge in [-0.3, -0.25) is 9.59 Å². The van der Waals surface area contributed by atoms with Gasteiger partial charge in [-0.15, -0.1) is 0 Å². The van der Waals surface area contributed by atoms with Crippen molar-refractivity contribution in [1.29, 1.82) is 0 Å². The highest BCUT2D eigenvalue weighted by Crippen LogP contribution is 2.03. The van der Waals surface area contributed by atoms with E-state index in [-0.39, 0.29) is 6.42 Å². The molecular weight excluding hydrogens is 180 g/mol. The molecule has 0 aromatic heterocycles. The van der Waals surface area contributed by atoms with Crippen LogP contribution in [0.4, 0.5) is 0 Å². The zero-order valence-corrected chi connectivity index (χ0v) is 7.93. The average Bonchev–Trinajstić information content (AvgIpc) is 2.18. The molecule has 1 aromatic rings. The zero-order valence-electron chi connectivity index (χ0n) is 7.93. The van der Waals surface area contributed by atoms with Gasteiger partial charge in [-0.2, -0.15) is 0 Å². The summed E-state index contributed by atoms with van der Waals surface area (Å²) in [7, 11) is 0. The van der Waals surface area contributed by atoms with E-state index in [1.165, 1.54) is 0 Å². The van der Waals surface area contributed by atoms with Gasteiger partial charge in [0, 0.05) is 13.3 Å². The molecule has 0 amide bonds. The van der Waals surface area contributed by atoms with Crippen LogP contribution in [0.5, 0.6) is 0 Å². The quantitative estimate of drug-likeness (QED) is 0.716. The van der Waals surface area contributed by atoms with Gasteiger partial charge in [-0.1, -0.05) is 30.3 Å². The molecule has 0 heterocycles. The van der Waals surface area contributed by atoms with Gasteiger partial charge in [0.05, 0.1) is 0 Å². The first-order valence-corrected chi connectivity index (χ1v) is 4.38. The van der Waals surface area contributed by atoms with Crippen LogP contribution in [-0.2, 0) is 16.0 Å². The molecule has 74 valence electrons. The Morgan fingerprint density at radius 2 is 1.86 bits per heavy atom. The van der Waals surface area contributed by atoms with Crippen LogP contribution >= 0.6 is 0 Å². The van der Waals surface area contributed by atoms with E-state index < -0.39 is 17.7 Å². The van der Waals surface area contributed by atoms with Crippen molar-refractivity contribution in [3.63, 3.8) is 0 Å². The number of ketones is 2. The maximum atomic E-state index is 11.0. The lowest BCUT2D eigenvalue weighted by Gasteiger charge is -2.06. The van der Waals surface area contributed by atoms with E-state index in [9.17, 15) is 14.7 Å². The van der Waals surface area contributed by atoms with Gasteiger partial charge >= 0.3 is 0 Å². The van der Waals surface area contributed by atoms with Gasteiger partial charge in [-0.25, -0.2) is 0 Å². The van der Waals surface area contributed by atoms with Crippen LogP contribution in [0.15, 0.2) is 30.3 Å². The molecule has 0 saturated carbocycles. The van der Waals surface area contributed by atoms with Gasteiger partial charge in [-0.05, 0) is 5.56 Å². The summed E-state index contributed by atoms with van der Waals surface area (Å²) in [6, 6.07) is 9.09. The fraction of sp³-hybridized carbons (Fsp3) is 0.273. The molecule has 1 aromatic carbocycles. The van der Waals surface area contributed by atoms with Crippen LogP contribution < -0.4 is 0 Å². The van der Waals surface area contributed by atoms with Crippen LogP contribution in [0.3, 0.4) is 0 Å². The summed E-state index contributed by atoms with van der Waals surface area (Å²) in [5, 5.41) is 9.37. The Hall–Kier alpha value is -1.48. The van der Waals surface area contributed by atoms with Crippen molar-refractivity contribution in [2.45, 2.75) is 19.4 Å². The molecule has 0 spiro atoms. The average molecular weight is 192 g/mol. The summed E-state index contributed by atoms with van der Waals surface area (Å²) >= 11 is 0. The molecule has 0 aliphatic carbocycles. The Morgan fingerprint density at radius 1 is 1.29 bits per heavy atom. The predicted octanol–water partition coefficient (Wildman–Crippen LogP) is 0.748. The lowest BCUT2D eigenvalue weighted by molar-refractivity contribution is -0.140. The van der Waals surface area contributed by atoms with E-state index in [0.717, 1.165) is 12.5 Å². The van der Waals surface area contributed by atoms with E-state index in [4.69, 9.17) is 0 Å². The summed E-state index contributed by atoms with van der Waals surface area (Å²) < 4.78 is 0. The fourth-order valence-electron chi connectivity index (χ4n) is 1.16. The number of benzene rings is 1. The molecule has 0 aliphatic heterocycles.